The molecule has 1 saturated heterocycles. The Balaban J connectivity index is 2.71. The summed E-state index contributed by atoms with van der Waals surface area (Å²) in [6.07, 6.45) is 62.2. The van der Waals surface area contributed by atoms with Crippen LogP contribution >= 0.6 is 0 Å². The molecule has 0 aromatic carbocycles. The number of aliphatic hydroxyl groups is 2. The van der Waals surface area contributed by atoms with E-state index < -0.39 is 67.3 Å². The fourth-order valence-corrected chi connectivity index (χ4v) is 9.19. The lowest BCUT2D eigenvalue weighted by molar-refractivity contribution is -0.301. The van der Waals surface area contributed by atoms with E-state index in [9.17, 15) is 34.5 Å². The average Bonchev–Trinajstić information content (AvgIpc) is 3.53. The molecule has 81 heavy (non-hydrogen) atoms. The van der Waals surface area contributed by atoms with Gasteiger partial charge < -0.3 is 39.0 Å². The Morgan fingerprint density at radius 3 is 1.26 bits per heavy atom. The van der Waals surface area contributed by atoms with Crippen LogP contribution in [0, 0.1) is 0 Å². The molecule has 1 aliphatic heterocycles. The van der Waals surface area contributed by atoms with Crippen LogP contribution in [-0.4, -0.2) is 89.2 Å². The van der Waals surface area contributed by atoms with E-state index >= 15 is 0 Å². The third-order valence-electron chi connectivity index (χ3n) is 14.1. The molecule has 0 saturated carbocycles. The standard InChI is InChI=1S/C69H114O12/c1-4-7-10-13-16-19-22-25-28-31-34-37-40-43-46-49-52-55-61(70)77-58-60(79-62(71)56-53-50-47-44-41-38-35-32-29-26-23-20-17-14-11-8-5-2)59-78-69-67(65(74)64(73)66(81-69)68(75)76)80-63(72)57-54-51-48-45-42-39-36-33-30-27-24-21-18-15-12-9-6-3/h7,10,16-17,19-20,25-30,34,37,43,46,60,64-67,69,73-74H,4-6,8-9,11-15,18,21-24,31-33,35-36,38-42,44-45,47-59H2,1-3H3,(H,75,76)/b10-7-,19-16-,20-17-,28-25-,29-26-,30-27-,37-34-,46-43-. The maximum absolute atomic E-state index is 13.2. The lowest BCUT2D eigenvalue weighted by Crippen LogP contribution is -2.61. The van der Waals surface area contributed by atoms with Gasteiger partial charge in [0.1, 0.15) is 18.8 Å². The van der Waals surface area contributed by atoms with Crippen molar-refractivity contribution in [1.29, 1.82) is 0 Å². The van der Waals surface area contributed by atoms with Gasteiger partial charge >= 0.3 is 23.9 Å². The smallest absolute Gasteiger partial charge is 0.335 e. The minimum absolute atomic E-state index is 0.0459. The summed E-state index contributed by atoms with van der Waals surface area (Å²) in [7, 11) is 0. The molecule has 0 bridgehead atoms. The van der Waals surface area contributed by atoms with Crippen LogP contribution in [0.4, 0.5) is 0 Å². The molecule has 0 spiro atoms. The number of carbonyl (C=O) groups excluding carboxylic acids is 3. The largest absolute Gasteiger partial charge is 0.479 e. The van der Waals surface area contributed by atoms with E-state index in [1.807, 2.05) is 6.08 Å². The lowest BCUT2D eigenvalue weighted by Gasteiger charge is -2.40. The molecule has 12 nitrogen and oxygen atoms in total. The Morgan fingerprint density at radius 1 is 0.420 bits per heavy atom. The first-order valence-corrected chi connectivity index (χ1v) is 32.2. The van der Waals surface area contributed by atoms with Gasteiger partial charge in [-0.25, -0.2) is 4.79 Å². The van der Waals surface area contributed by atoms with Crippen LogP contribution in [-0.2, 0) is 42.9 Å². The Hall–Kier alpha value is -4.36. The molecule has 0 radical (unpaired) electrons. The molecule has 3 N–H and O–H groups in total. The number of carbonyl (C=O) groups is 4. The van der Waals surface area contributed by atoms with Gasteiger partial charge in [0, 0.05) is 19.3 Å². The fraction of sp³-hybridized carbons (Fsp3) is 0.710. The number of esters is 3. The number of rotatable bonds is 54. The molecule has 0 aromatic rings. The predicted octanol–water partition coefficient (Wildman–Crippen LogP) is 17.2. The number of allylic oxidation sites excluding steroid dienone is 16. The number of carboxylic acid groups (broad SMARTS) is 1. The maximum atomic E-state index is 13.2. The van der Waals surface area contributed by atoms with E-state index in [1.54, 1.807) is 0 Å². The lowest BCUT2D eigenvalue weighted by atomic mass is 9.98. The van der Waals surface area contributed by atoms with Gasteiger partial charge in [0.05, 0.1) is 6.61 Å². The number of unbranched alkanes of at least 4 members (excludes halogenated alkanes) is 24. The summed E-state index contributed by atoms with van der Waals surface area (Å²) in [5.41, 5.74) is 0. The number of carboxylic acids is 1. The summed E-state index contributed by atoms with van der Waals surface area (Å²) in [5.74, 6) is -3.21. The molecular formula is C69H114O12. The van der Waals surface area contributed by atoms with Crippen molar-refractivity contribution in [2.75, 3.05) is 13.2 Å². The van der Waals surface area contributed by atoms with Crippen molar-refractivity contribution in [3.8, 4) is 0 Å². The van der Waals surface area contributed by atoms with Gasteiger partial charge in [-0.15, -0.1) is 0 Å². The first kappa shape index (κ1) is 74.7. The molecule has 0 aromatic heterocycles. The van der Waals surface area contributed by atoms with Gasteiger partial charge in [0.15, 0.2) is 24.6 Å². The third kappa shape index (κ3) is 45.8. The Morgan fingerprint density at radius 2 is 0.790 bits per heavy atom. The predicted molar refractivity (Wildman–Crippen MR) is 331 cm³/mol. The van der Waals surface area contributed by atoms with Crippen molar-refractivity contribution >= 4 is 23.9 Å². The molecule has 1 heterocycles. The topological polar surface area (TPSA) is 175 Å². The van der Waals surface area contributed by atoms with Gasteiger partial charge in [-0.1, -0.05) is 227 Å². The minimum Gasteiger partial charge on any atom is -0.479 e. The highest BCUT2D eigenvalue weighted by Crippen LogP contribution is 2.26. The second kappa shape index (κ2) is 56.1. The monoisotopic (exact) mass is 1130 g/mol. The van der Waals surface area contributed by atoms with Gasteiger partial charge in [-0.3, -0.25) is 14.4 Å². The first-order valence-electron chi connectivity index (χ1n) is 32.2. The molecule has 0 aliphatic carbocycles. The summed E-state index contributed by atoms with van der Waals surface area (Å²) in [5, 5.41) is 31.6. The van der Waals surface area contributed by atoms with Gasteiger partial charge in [0.2, 0.25) is 0 Å². The Labute approximate surface area is 492 Å². The fourth-order valence-electron chi connectivity index (χ4n) is 9.19. The molecule has 462 valence electrons. The second-order valence-corrected chi connectivity index (χ2v) is 21.7. The van der Waals surface area contributed by atoms with Crippen LogP contribution in [0.15, 0.2) is 97.2 Å². The summed E-state index contributed by atoms with van der Waals surface area (Å²) in [6.45, 7) is 5.81. The number of hydrogen-bond acceptors (Lipinski definition) is 11. The maximum Gasteiger partial charge on any atom is 0.335 e. The second-order valence-electron chi connectivity index (χ2n) is 21.7. The van der Waals surface area contributed by atoms with E-state index in [1.165, 1.54) is 70.6 Å². The van der Waals surface area contributed by atoms with Gasteiger partial charge in [-0.2, -0.15) is 0 Å². The van der Waals surface area contributed by atoms with E-state index in [0.29, 0.717) is 25.7 Å². The average molecular weight is 1140 g/mol. The summed E-state index contributed by atoms with van der Waals surface area (Å²) in [4.78, 5) is 51.3. The molecule has 6 unspecified atom stereocenters. The van der Waals surface area contributed by atoms with E-state index in [-0.39, 0.29) is 25.9 Å². The van der Waals surface area contributed by atoms with Crippen molar-refractivity contribution in [3.05, 3.63) is 97.2 Å². The molecule has 6 atom stereocenters. The van der Waals surface area contributed by atoms with Crippen molar-refractivity contribution < 1.29 is 58.2 Å². The van der Waals surface area contributed by atoms with Gasteiger partial charge in [0.25, 0.3) is 0 Å². The SMILES string of the molecule is CC/C=C\C/C=C\C/C=C\C/C=C\C/C=C\CCCC(=O)OCC(COC1OC(C(=O)O)C(O)C(O)C1OC(=O)CCCCCCCCC/C=C\CCCCCCCC)OC(=O)CCCCCCCCC/C=C\C/C=C\CCCCC. The highest BCUT2D eigenvalue weighted by Gasteiger charge is 2.50. The van der Waals surface area contributed by atoms with Crippen molar-refractivity contribution in [2.45, 2.75) is 302 Å². The molecule has 12 heteroatoms. The summed E-state index contributed by atoms with van der Waals surface area (Å²) in [6, 6.07) is 0. The molecule has 1 aliphatic rings. The van der Waals surface area contributed by atoms with Crippen molar-refractivity contribution in [1.82, 2.24) is 0 Å². The normalized spacial score (nSPS) is 18.4. The van der Waals surface area contributed by atoms with Crippen LogP contribution in [0.1, 0.15) is 265 Å². The van der Waals surface area contributed by atoms with Crippen LogP contribution < -0.4 is 0 Å². The van der Waals surface area contributed by atoms with E-state index in [4.69, 9.17) is 23.7 Å². The Bertz CT molecular complexity index is 1780. The zero-order chi connectivity index (χ0) is 58.9. The van der Waals surface area contributed by atoms with Crippen LogP contribution in [0.5, 0.6) is 0 Å². The van der Waals surface area contributed by atoms with E-state index in [2.05, 4.69) is 112 Å². The minimum atomic E-state index is -1.92. The zero-order valence-electron chi connectivity index (χ0n) is 51.0. The Kier molecular flexibility index (Phi) is 51.7. The van der Waals surface area contributed by atoms with Crippen molar-refractivity contribution in [2.24, 2.45) is 0 Å². The molecule has 1 fully saturated rings. The van der Waals surface area contributed by atoms with Crippen LogP contribution in [0.3, 0.4) is 0 Å². The molecule has 0 amide bonds. The number of aliphatic carboxylic acids is 1. The van der Waals surface area contributed by atoms with E-state index in [0.717, 1.165) is 128 Å². The summed E-state index contributed by atoms with van der Waals surface area (Å²) < 4.78 is 28.5. The molecule has 1 rings (SSSR count). The van der Waals surface area contributed by atoms with Crippen LogP contribution in [0.25, 0.3) is 0 Å². The third-order valence-corrected chi connectivity index (χ3v) is 14.1. The number of ether oxygens (including phenoxy) is 5. The highest BCUT2D eigenvalue weighted by atomic mass is 16.7. The number of aliphatic hydroxyl groups excluding tert-OH is 2. The van der Waals surface area contributed by atoms with Gasteiger partial charge in [-0.05, 0) is 116 Å². The summed E-state index contributed by atoms with van der Waals surface area (Å²) >= 11 is 0. The highest BCUT2D eigenvalue weighted by molar-refractivity contribution is 5.74. The van der Waals surface area contributed by atoms with Crippen molar-refractivity contribution in [3.63, 3.8) is 0 Å². The molecular weight excluding hydrogens is 1020 g/mol. The zero-order valence-corrected chi connectivity index (χ0v) is 51.0. The first-order chi connectivity index (χ1) is 39.6. The van der Waals surface area contributed by atoms with Crippen LogP contribution in [0.2, 0.25) is 0 Å². The number of hydrogen-bond donors (Lipinski definition) is 3. The quantitative estimate of drug-likeness (QED) is 0.0228.